The van der Waals surface area contributed by atoms with Gasteiger partial charge in [0.2, 0.25) is 5.91 Å². The zero-order valence-corrected chi connectivity index (χ0v) is 13.4. The Bertz CT molecular complexity index is 1110. The van der Waals surface area contributed by atoms with Gasteiger partial charge in [0.05, 0.1) is 5.69 Å². The maximum Gasteiger partial charge on any atom is 0.254 e. The summed E-state index contributed by atoms with van der Waals surface area (Å²) in [5.74, 6) is 0.135. The summed E-state index contributed by atoms with van der Waals surface area (Å²) in [6.07, 6.45) is 1.39. The predicted molar refractivity (Wildman–Crippen MR) is 94.4 cm³/mol. The number of primary amides is 1. The molecule has 1 amide bonds. The van der Waals surface area contributed by atoms with Crippen LogP contribution in [0.15, 0.2) is 60.9 Å². The van der Waals surface area contributed by atoms with Crippen LogP contribution in [0.4, 0.5) is 15.9 Å². The molecular weight excluding hydrogens is 335 g/mol. The number of anilines is 2. The van der Waals surface area contributed by atoms with Crippen molar-refractivity contribution in [3.63, 3.8) is 0 Å². The molecule has 2 heterocycles. The fourth-order valence-corrected chi connectivity index (χ4v) is 2.56. The van der Waals surface area contributed by atoms with Crippen molar-refractivity contribution in [2.75, 3.05) is 5.32 Å². The molecule has 7 nitrogen and oxygen atoms in total. The number of nitrogens with two attached hydrogens (primary N) is 1. The largest absolute Gasteiger partial charge is 0.366 e. The normalized spacial score (nSPS) is 10.8. The van der Waals surface area contributed by atoms with E-state index in [4.69, 9.17) is 5.73 Å². The van der Waals surface area contributed by atoms with E-state index >= 15 is 0 Å². The van der Waals surface area contributed by atoms with Crippen LogP contribution in [0.1, 0.15) is 10.4 Å². The molecule has 128 valence electrons. The molecule has 0 fully saturated rings. The molecule has 8 heteroatoms. The SMILES string of the molecule is NC(=O)c1ccc(Nc2cc(-c3cccc(F)c3)nc3ncnn23)cc1. The van der Waals surface area contributed by atoms with E-state index in [2.05, 4.69) is 20.4 Å². The lowest BCUT2D eigenvalue weighted by Gasteiger charge is -2.10. The fourth-order valence-electron chi connectivity index (χ4n) is 2.56. The van der Waals surface area contributed by atoms with Crippen LogP contribution in [0.5, 0.6) is 0 Å². The number of carbonyl (C=O) groups is 1. The summed E-state index contributed by atoms with van der Waals surface area (Å²) in [6, 6.07) is 14.6. The highest BCUT2D eigenvalue weighted by Gasteiger charge is 2.10. The van der Waals surface area contributed by atoms with Gasteiger partial charge in [-0.1, -0.05) is 12.1 Å². The second-order valence-electron chi connectivity index (χ2n) is 5.58. The molecule has 26 heavy (non-hydrogen) atoms. The van der Waals surface area contributed by atoms with E-state index in [1.807, 2.05) is 0 Å². The third kappa shape index (κ3) is 2.95. The molecule has 0 spiro atoms. The molecular formula is C18H13FN6O. The zero-order valence-electron chi connectivity index (χ0n) is 13.4. The minimum absolute atomic E-state index is 0.345. The molecule has 2 aromatic heterocycles. The predicted octanol–water partition coefficient (Wildman–Crippen LogP) is 2.77. The number of amides is 1. The average molecular weight is 348 g/mol. The number of carbonyl (C=O) groups excluding carboxylic acids is 1. The number of fused-ring (bicyclic) bond motifs is 1. The molecule has 0 saturated carbocycles. The molecule has 0 radical (unpaired) electrons. The number of aromatic nitrogens is 4. The average Bonchev–Trinajstić information content (AvgIpc) is 3.11. The summed E-state index contributed by atoms with van der Waals surface area (Å²) in [7, 11) is 0. The number of nitrogens with one attached hydrogen (secondary N) is 1. The Morgan fingerprint density at radius 3 is 2.65 bits per heavy atom. The highest BCUT2D eigenvalue weighted by molar-refractivity contribution is 5.93. The van der Waals surface area contributed by atoms with Crippen LogP contribution < -0.4 is 11.1 Å². The summed E-state index contributed by atoms with van der Waals surface area (Å²) >= 11 is 0. The quantitative estimate of drug-likeness (QED) is 0.591. The first-order valence-corrected chi connectivity index (χ1v) is 7.74. The van der Waals surface area contributed by atoms with Crippen LogP contribution in [0.25, 0.3) is 17.0 Å². The first kappa shape index (κ1) is 15.7. The second-order valence-corrected chi connectivity index (χ2v) is 5.58. The Morgan fingerprint density at radius 2 is 1.92 bits per heavy atom. The number of halogens is 1. The molecule has 4 rings (SSSR count). The van der Waals surface area contributed by atoms with Crippen molar-refractivity contribution in [2.24, 2.45) is 5.73 Å². The van der Waals surface area contributed by atoms with E-state index in [0.717, 1.165) is 5.69 Å². The summed E-state index contributed by atoms with van der Waals surface area (Å²) in [4.78, 5) is 19.7. The first-order valence-electron chi connectivity index (χ1n) is 7.74. The van der Waals surface area contributed by atoms with Gasteiger partial charge in [-0.25, -0.2) is 9.37 Å². The number of nitrogens with zero attached hydrogens (tertiary/aromatic N) is 4. The van der Waals surface area contributed by atoms with Gasteiger partial charge in [-0.05, 0) is 36.4 Å². The van der Waals surface area contributed by atoms with Crippen molar-refractivity contribution in [3.8, 4) is 11.3 Å². The molecule has 0 bridgehead atoms. The van der Waals surface area contributed by atoms with Crippen LogP contribution in [-0.4, -0.2) is 25.5 Å². The maximum atomic E-state index is 13.5. The van der Waals surface area contributed by atoms with E-state index in [1.165, 1.54) is 23.0 Å². The van der Waals surface area contributed by atoms with Crippen molar-refractivity contribution in [1.82, 2.24) is 19.6 Å². The molecule has 0 aliphatic rings. The zero-order chi connectivity index (χ0) is 18.1. The first-order chi connectivity index (χ1) is 12.6. The molecule has 2 aromatic carbocycles. The van der Waals surface area contributed by atoms with E-state index < -0.39 is 5.91 Å². The lowest BCUT2D eigenvalue weighted by atomic mass is 10.1. The van der Waals surface area contributed by atoms with Crippen molar-refractivity contribution < 1.29 is 9.18 Å². The molecule has 0 unspecified atom stereocenters. The summed E-state index contributed by atoms with van der Waals surface area (Å²) in [6.45, 7) is 0. The third-order valence-corrected chi connectivity index (χ3v) is 3.81. The molecule has 0 aliphatic heterocycles. The number of benzene rings is 2. The summed E-state index contributed by atoms with van der Waals surface area (Å²) in [5.41, 5.74) is 7.58. The highest BCUT2D eigenvalue weighted by atomic mass is 19.1. The smallest absolute Gasteiger partial charge is 0.254 e. The van der Waals surface area contributed by atoms with E-state index in [0.29, 0.717) is 28.4 Å². The Balaban J connectivity index is 1.76. The van der Waals surface area contributed by atoms with Crippen molar-refractivity contribution in [1.29, 1.82) is 0 Å². The number of hydrogen-bond donors (Lipinski definition) is 2. The topological polar surface area (TPSA) is 98.2 Å². The third-order valence-electron chi connectivity index (χ3n) is 3.81. The van der Waals surface area contributed by atoms with Gasteiger partial charge in [0.1, 0.15) is 18.0 Å². The standard InChI is InChI=1S/C18H13FN6O/c19-13-3-1-2-12(8-13)15-9-16(25-18(24-15)21-10-22-25)23-14-6-4-11(5-7-14)17(20)26/h1-10,23H,(H2,20,26). The van der Waals surface area contributed by atoms with Gasteiger partial charge in [-0.2, -0.15) is 14.6 Å². The fraction of sp³-hybridized carbons (Fsp3) is 0. The van der Waals surface area contributed by atoms with Crippen molar-refractivity contribution in [3.05, 3.63) is 72.3 Å². The van der Waals surface area contributed by atoms with Gasteiger partial charge in [0.25, 0.3) is 5.78 Å². The van der Waals surface area contributed by atoms with E-state index in [9.17, 15) is 9.18 Å². The van der Waals surface area contributed by atoms with Gasteiger partial charge >= 0.3 is 0 Å². The highest BCUT2D eigenvalue weighted by Crippen LogP contribution is 2.24. The maximum absolute atomic E-state index is 13.5. The Morgan fingerprint density at radius 1 is 1.12 bits per heavy atom. The lowest BCUT2D eigenvalue weighted by Crippen LogP contribution is -2.10. The lowest BCUT2D eigenvalue weighted by molar-refractivity contribution is 0.100. The van der Waals surface area contributed by atoms with Crippen molar-refractivity contribution >= 4 is 23.2 Å². The molecule has 3 N–H and O–H groups in total. The Hall–Kier alpha value is -3.81. The molecule has 4 aromatic rings. The van der Waals surface area contributed by atoms with Gasteiger partial charge in [0.15, 0.2) is 0 Å². The minimum atomic E-state index is -0.493. The molecule has 0 saturated heterocycles. The molecule has 0 aliphatic carbocycles. The van der Waals surface area contributed by atoms with Gasteiger partial charge in [0, 0.05) is 22.9 Å². The van der Waals surface area contributed by atoms with Crippen LogP contribution in [-0.2, 0) is 0 Å². The number of rotatable bonds is 4. The van der Waals surface area contributed by atoms with Gasteiger partial charge in [-0.3, -0.25) is 4.79 Å². The van der Waals surface area contributed by atoms with Crippen molar-refractivity contribution in [2.45, 2.75) is 0 Å². The Kier molecular flexibility index (Phi) is 3.77. The number of hydrogen-bond acceptors (Lipinski definition) is 5. The van der Waals surface area contributed by atoms with Crippen LogP contribution in [0, 0.1) is 5.82 Å². The van der Waals surface area contributed by atoms with E-state index in [-0.39, 0.29) is 5.82 Å². The second kappa shape index (κ2) is 6.25. The monoisotopic (exact) mass is 348 g/mol. The summed E-state index contributed by atoms with van der Waals surface area (Å²) in [5, 5.41) is 7.34. The minimum Gasteiger partial charge on any atom is -0.366 e. The molecule has 0 atom stereocenters. The van der Waals surface area contributed by atoms with Crippen LogP contribution in [0.2, 0.25) is 0 Å². The van der Waals surface area contributed by atoms with E-state index in [1.54, 1.807) is 42.5 Å². The van der Waals surface area contributed by atoms with Crippen LogP contribution >= 0.6 is 0 Å². The Labute approximate surface area is 147 Å². The van der Waals surface area contributed by atoms with Gasteiger partial charge < -0.3 is 11.1 Å². The summed E-state index contributed by atoms with van der Waals surface area (Å²) < 4.78 is 15.1. The van der Waals surface area contributed by atoms with Gasteiger partial charge in [-0.15, -0.1) is 0 Å². The van der Waals surface area contributed by atoms with Crippen LogP contribution in [0.3, 0.4) is 0 Å².